The molecule has 3 aromatic rings. The summed E-state index contributed by atoms with van der Waals surface area (Å²) in [6.07, 6.45) is 0.753. The van der Waals surface area contributed by atoms with E-state index in [1.807, 2.05) is 25.1 Å². The predicted octanol–water partition coefficient (Wildman–Crippen LogP) is 3.25. The topological polar surface area (TPSA) is 101 Å². The van der Waals surface area contributed by atoms with Crippen molar-refractivity contribution in [3.63, 3.8) is 0 Å². The molecule has 4 N–H and O–H groups in total. The molecule has 6 nitrogen and oxygen atoms in total. The number of phenolic OH excluding ortho intramolecular Hbond substituents is 1. The molecule has 1 aromatic heterocycles. The normalized spacial score (nSPS) is 10.4. The molecule has 0 saturated heterocycles. The van der Waals surface area contributed by atoms with Gasteiger partial charge in [-0.05, 0) is 36.8 Å². The Morgan fingerprint density at radius 2 is 1.92 bits per heavy atom. The van der Waals surface area contributed by atoms with E-state index in [9.17, 15) is 9.90 Å². The number of aromatic hydroxyl groups is 1. The first-order valence-corrected chi connectivity index (χ1v) is 7.90. The second-order valence-corrected chi connectivity index (χ2v) is 5.51. The summed E-state index contributed by atoms with van der Waals surface area (Å²) in [5, 5.41) is 12.6. The standard InChI is InChI=1S/C19H18N4O2/c1-2-13-11-16(23-19(20)22-13)12-6-5-7-14(10-12)21-18(25)15-8-3-4-9-17(15)24/h3-11,24H,2H2,1H3,(H,21,25)(H2,20,22,23). The Balaban J connectivity index is 1.88. The van der Waals surface area contributed by atoms with E-state index in [1.54, 1.807) is 30.3 Å². The number of carbonyl (C=O) groups is 1. The molecule has 126 valence electrons. The first-order valence-electron chi connectivity index (χ1n) is 7.90. The van der Waals surface area contributed by atoms with Crippen molar-refractivity contribution in [3.8, 4) is 17.0 Å². The minimum absolute atomic E-state index is 0.0627. The SMILES string of the molecule is CCc1cc(-c2cccc(NC(=O)c3ccccc3O)c2)nc(N)n1. The average molecular weight is 334 g/mol. The van der Waals surface area contributed by atoms with Gasteiger partial charge in [0.15, 0.2) is 0 Å². The van der Waals surface area contributed by atoms with Crippen molar-refractivity contribution >= 4 is 17.5 Å². The minimum Gasteiger partial charge on any atom is -0.507 e. The molecule has 0 fully saturated rings. The second kappa shape index (κ2) is 7.00. The first-order chi connectivity index (χ1) is 12.1. The highest BCUT2D eigenvalue weighted by Gasteiger charge is 2.11. The number of nitrogens with zero attached hydrogens (tertiary/aromatic N) is 2. The molecule has 3 rings (SSSR count). The Labute approximate surface area is 145 Å². The minimum atomic E-state index is -0.383. The summed E-state index contributed by atoms with van der Waals surface area (Å²) in [6, 6.07) is 15.6. The number of phenols is 1. The van der Waals surface area contributed by atoms with Gasteiger partial charge in [-0.3, -0.25) is 4.79 Å². The summed E-state index contributed by atoms with van der Waals surface area (Å²) in [7, 11) is 0. The monoisotopic (exact) mass is 334 g/mol. The fourth-order valence-corrected chi connectivity index (χ4v) is 2.47. The zero-order chi connectivity index (χ0) is 17.8. The number of amides is 1. The Bertz CT molecular complexity index is 925. The number of carbonyl (C=O) groups excluding carboxylic acids is 1. The molecule has 0 bridgehead atoms. The van der Waals surface area contributed by atoms with Gasteiger partial charge in [0, 0.05) is 16.9 Å². The number of aryl methyl sites for hydroxylation is 1. The van der Waals surface area contributed by atoms with E-state index in [1.165, 1.54) is 6.07 Å². The molecule has 0 aliphatic rings. The Morgan fingerprint density at radius 1 is 1.12 bits per heavy atom. The van der Waals surface area contributed by atoms with Crippen LogP contribution in [0.3, 0.4) is 0 Å². The number of rotatable bonds is 4. The van der Waals surface area contributed by atoms with Gasteiger partial charge in [0.2, 0.25) is 5.95 Å². The lowest BCUT2D eigenvalue weighted by Gasteiger charge is -2.09. The number of nitrogen functional groups attached to an aromatic ring is 1. The zero-order valence-corrected chi connectivity index (χ0v) is 13.7. The highest BCUT2D eigenvalue weighted by atomic mass is 16.3. The lowest BCUT2D eigenvalue weighted by atomic mass is 10.1. The lowest BCUT2D eigenvalue weighted by Crippen LogP contribution is -2.12. The number of aromatic nitrogens is 2. The van der Waals surface area contributed by atoms with E-state index in [0.717, 1.165) is 17.7 Å². The molecular formula is C19H18N4O2. The number of hydrogen-bond donors (Lipinski definition) is 3. The van der Waals surface area contributed by atoms with Crippen LogP contribution < -0.4 is 11.1 Å². The van der Waals surface area contributed by atoms with E-state index in [2.05, 4.69) is 15.3 Å². The van der Waals surface area contributed by atoms with Crippen LogP contribution in [0.2, 0.25) is 0 Å². The first kappa shape index (κ1) is 16.4. The lowest BCUT2D eigenvalue weighted by molar-refractivity contribution is 0.102. The Hall–Kier alpha value is -3.41. The van der Waals surface area contributed by atoms with Crippen molar-refractivity contribution < 1.29 is 9.90 Å². The van der Waals surface area contributed by atoms with Crippen molar-refractivity contribution in [2.75, 3.05) is 11.1 Å². The highest BCUT2D eigenvalue weighted by molar-refractivity contribution is 6.06. The summed E-state index contributed by atoms with van der Waals surface area (Å²) in [6.45, 7) is 1.99. The molecule has 0 aliphatic heterocycles. The van der Waals surface area contributed by atoms with Gasteiger partial charge < -0.3 is 16.2 Å². The fraction of sp³-hybridized carbons (Fsp3) is 0.105. The molecule has 0 aliphatic carbocycles. The van der Waals surface area contributed by atoms with E-state index in [-0.39, 0.29) is 23.2 Å². The van der Waals surface area contributed by atoms with Gasteiger partial charge in [-0.2, -0.15) is 0 Å². The number of hydrogen-bond acceptors (Lipinski definition) is 5. The molecule has 0 spiro atoms. The second-order valence-electron chi connectivity index (χ2n) is 5.51. The molecular weight excluding hydrogens is 316 g/mol. The van der Waals surface area contributed by atoms with Crippen molar-refractivity contribution in [2.24, 2.45) is 0 Å². The maximum atomic E-state index is 12.3. The maximum Gasteiger partial charge on any atom is 0.259 e. The van der Waals surface area contributed by atoms with E-state index in [0.29, 0.717) is 11.4 Å². The van der Waals surface area contributed by atoms with Crippen molar-refractivity contribution in [2.45, 2.75) is 13.3 Å². The zero-order valence-electron chi connectivity index (χ0n) is 13.7. The van der Waals surface area contributed by atoms with Crippen molar-refractivity contribution in [3.05, 3.63) is 65.9 Å². The number of nitrogens with one attached hydrogen (secondary N) is 1. The third-order valence-electron chi connectivity index (χ3n) is 3.72. The van der Waals surface area contributed by atoms with Crippen LogP contribution in [0.15, 0.2) is 54.6 Å². The maximum absolute atomic E-state index is 12.3. The van der Waals surface area contributed by atoms with Gasteiger partial charge in [-0.15, -0.1) is 0 Å². The molecule has 25 heavy (non-hydrogen) atoms. The van der Waals surface area contributed by atoms with Crippen LogP contribution >= 0.6 is 0 Å². The fourth-order valence-electron chi connectivity index (χ4n) is 2.47. The summed E-state index contributed by atoms with van der Waals surface area (Å²) < 4.78 is 0. The number of benzene rings is 2. The van der Waals surface area contributed by atoms with Crippen LogP contribution in [-0.4, -0.2) is 21.0 Å². The van der Waals surface area contributed by atoms with E-state index in [4.69, 9.17) is 5.73 Å². The predicted molar refractivity (Wildman–Crippen MR) is 97.3 cm³/mol. The number of nitrogens with two attached hydrogens (primary N) is 1. The van der Waals surface area contributed by atoms with Gasteiger partial charge in [-0.25, -0.2) is 9.97 Å². The molecule has 0 saturated carbocycles. The van der Waals surface area contributed by atoms with Crippen molar-refractivity contribution in [1.82, 2.24) is 9.97 Å². The van der Waals surface area contributed by atoms with E-state index >= 15 is 0 Å². The van der Waals surface area contributed by atoms with Crippen LogP contribution in [0.4, 0.5) is 11.6 Å². The van der Waals surface area contributed by atoms with Gasteiger partial charge in [-0.1, -0.05) is 31.2 Å². The molecule has 1 amide bonds. The van der Waals surface area contributed by atoms with Crippen molar-refractivity contribution in [1.29, 1.82) is 0 Å². The van der Waals surface area contributed by atoms with Crippen LogP contribution in [0.25, 0.3) is 11.3 Å². The van der Waals surface area contributed by atoms with Crippen LogP contribution in [0.5, 0.6) is 5.75 Å². The van der Waals surface area contributed by atoms with Gasteiger partial charge in [0.25, 0.3) is 5.91 Å². The smallest absolute Gasteiger partial charge is 0.259 e. The largest absolute Gasteiger partial charge is 0.507 e. The van der Waals surface area contributed by atoms with Gasteiger partial charge in [0.05, 0.1) is 11.3 Å². The Morgan fingerprint density at radius 3 is 2.68 bits per heavy atom. The molecule has 0 radical (unpaired) electrons. The van der Waals surface area contributed by atoms with Gasteiger partial charge >= 0.3 is 0 Å². The highest BCUT2D eigenvalue weighted by Crippen LogP contribution is 2.24. The molecule has 0 unspecified atom stereocenters. The Kier molecular flexibility index (Phi) is 4.61. The quantitative estimate of drug-likeness (QED) is 0.680. The third kappa shape index (κ3) is 3.74. The summed E-state index contributed by atoms with van der Waals surface area (Å²) in [5.41, 5.74) is 8.95. The molecule has 0 atom stereocenters. The summed E-state index contributed by atoms with van der Waals surface area (Å²) >= 11 is 0. The van der Waals surface area contributed by atoms with Crippen LogP contribution in [0, 0.1) is 0 Å². The summed E-state index contributed by atoms with van der Waals surface area (Å²) in [5.74, 6) is -0.225. The summed E-state index contributed by atoms with van der Waals surface area (Å²) in [4.78, 5) is 20.7. The molecule has 2 aromatic carbocycles. The number of para-hydroxylation sites is 1. The van der Waals surface area contributed by atoms with Crippen LogP contribution in [0.1, 0.15) is 23.0 Å². The molecule has 1 heterocycles. The van der Waals surface area contributed by atoms with Crippen LogP contribution in [-0.2, 0) is 6.42 Å². The van der Waals surface area contributed by atoms with E-state index < -0.39 is 0 Å². The average Bonchev–Trinajstić information content (AvgIpc) is 2.61. The van der Waals surface area contributed by atoms with Gasteiger partial charge in [0.1, 0.15) is 5.75 Å². The number of anilines is 2. The third-order valence-corrected chi connectivity index (χ3v) is 3.72. The molecule has 6 heteroatoms.